The third-order valence-electron chi connectivity index (χ3n) is 3.74. The summed E-state index contributed by atoms with van der Waals surface area (Å²) in [5.41, 5.74) is 2.64. The summed E-state index contributed by atoms with van der Waals surface area (Å²) < 4.78 is 5.62. The number of Topliss-reactive ketones (excluding diaryl/α,β-unsaturated/α-hetero) is 1. The number of para-hydroxylation sites is 1. The van der Waals surface area contributed by atoms with Crippen molar-refractivity contribution in [1.29, 1.82) is 0 Å². The highest BCUT2D eigenvalue weighted by Crippen LogP contribution is 2.36. The van der Waals surface area contributed by atoms with Gasteiger partial charge in [0, 0.05) is 16.1 Å². The van der Waals surface area contributed by atoms with Crippen LogP contribution < -0.4 is 4.74 Å². The second kappa shape index (κ2) is 5.29. The lowest BCUT2D eigenvalue weighted by Gasteiger charge is -2.25. The molecule has 0 aliphatic carbocycles. The standard InChI is InChI=1S/C17H15ClO2/c1-11-6-7-12(18)10-15(11)17(19)14-8-9-20-16-5-3-2-4-13(14)16/h2-7,10,14H,8-9H2,1H3. The average Bonchev–Trinajstić information content (AvgIpc) is 2.48. The van der Waals surface area contributed by atoms with Crippen molar-refractivity contribution in [3.63, 3.8) is 0 Å². The van der Waals surface area contributed by atoms with Crippen LogP contribution in [0.1, 0.15) is 33.8 Å². The van der Waals surface area contributed by atoms with E-state index in [2.05, 4.69) is 0 Å². The molecule has 102 valence electrons. The van der Waals surface area contributed by atoms with E-state index in [1.165, 1.54) is 0 Å². The van der Waals surface area contributed by atoms with Crippen LogP contribution in [0.2, 0.25) is 5.02 Å². The van der Waals surface area contributed by atoms with E-state index in [4.69, 9.17) is 16.3 Å². The number of hydrogen-bond acceptors (Lipinski definition) is 2. The van der Waals surface area contributed by atoms with Crippen LogP contribution in [-0.2, 0) is 0 Å². The maximum Gasteiger partial charge on any atom is 0.170 e. The zero-order chi connectivity index (χ0) is 14.1. The molecular formula is C17H15ClO2. The minimum atomic E-state index is -0.142. The summed E-state index contributed by atoms with van der Waals surface area (Å²) in [4.78, 5) is 12.8. The molecule has 0 fully saturated rings. The minimum Gasteiger partial charge on any atom is -0.493 e. The van der Waals surface area contributed by atoms with Crippen LogP contribution in [0.3, 0.4) is 0 Å². The normalized spacial score (nSPS) is 17.2. The van der Waals surface area contributed by atoms with Crippen molar-refractivity contribution in [2.45, 2.75) is 19.3 Å². The Morgan fingerprint density at radius 3 is 2.90 bits per heavy atom. The lowest BCUT2D eigenvalue weighted by Crippen LogP contribution is -2.22. The van der Waals surface area contributed by atoms with E-state index >= 15 is 0 Å². The molecule has 0 N–H and O–H groups in total. The molecule has 0 spiro atoms. The average molecular weight is 287 g/mol. The van der Waals surface area contributed by atoms with Crippen LogP contribution in [0, 0.1) is 6.92 Å². The SMILES string of the molecule is Cc1ccc(Cl)cc1C(=O)C1CCOc2ccccc21. The van der Waals surface area contributed by atoms with E-state index in [1.807, 2.05) is 43.3 Å². The summed E-state index contributed by atoms with van der Waals surface area (Å²) in [5.74, 6) is 0.801. The van der Waals surface area contributed by atoms with Crippen LogP contribution >= 0.6 is 11.6 Å². The van der Waals surface area contributed by atoms with Gasteiger partial charge in [-0.05, 0) is 37.1 Å². The van der Waals surface area contributed by atoms with Crippen LogP contribution in [0.4, 0.5) is 0 Å². The topological polar surface area (TPSA) is 26.3 Å². The fourth-order valence-corrected chi connectivity index (χ4v) is 2.83. The molecule has 20 heavy (non-hydrogen) atoms. The van der Waals surface area contributed by atoms with E-state index in [-0.39, 0.29) is 11.7 Å². The molecule has 0 radical (unpaired) electrons. The van der Waals surface area contributed by atoms with Gasteiger partial charge in [-0.15, -0.1) is 0 Å². The Balaban J connectivity index is 2.02. The lowest BCUT2D eigenvalue weighted by molar-refractivity contribution is 0.0932. The summed E-state index contributed by atoms with van der Waals surface area (Å²) in [6.45, 7) is 2.52. The van der Waals surface area contributed by atoms with Gasteiger partial charge in [0.1, 0.15) is 5.75 Å². The van der Waals surface area contributed by atoms with Gasteiger partial charge in [-0.3, -0.25) is 4.79 Å². The molecule has 2 aromatic carbocycles. The fourth-order valence-electron chi connectivity index (χ4n) is 2.66. The summed E-state index contributed by atoms with van der Waals surface area (Å²) in [6, 6.07) is 13.2. The number of ketones is 1. The summed E-state index contributed by atoms with van der Waals surface area (Å²) in [7, 11) is 0. The predicted molar refractivity (Wildman–Crippen MR) is 79.8 cm³/mol. The first kappa shape index (κ1) is 13.2. The highest BCUT2D eigenvalue weighted by molar-refractivity contribution is 6.31. The molecule has 0 amide bonds. The summed E-state index contributed by atoms with van der Waals surface area (Å²) >= 11 is 6.02. The van der Waals surface area contributed by atoms with Gasteiger partial charge in [0.25, 0.3) is 0 Å². The monoisotopic (exact) mass is 286 g/mol. The third kappa shape index (κ3) is 2.32. The van der Waals surface area contributed by atoms with Gasteiger partial charge in [0.2, 0.25) is 0 Å². The number of aryl methyl sites for hydroxylation is 1. The number of benzene rings is 2. The Kier molecular flexibility index (Phi) is 3.49. The highest BCUT2D eigenvalue weighted by atomic mass is 35.5. The van der Waals surface area contributed by atoms with Gasteiger partial charge in [0.15, 0.2) is 5.78 Å². The van der Waals surface area contributed by atoms with Crippen LogP contribution in [0.25, 0.3) is 0 Å². The van der Waals surface area contributed by atoms with Crippen molar-refractivity contribution in [3.8, 4) is 5.75 Å². The van der Waals surface area contributed by atoms with Crippen molar-refractivity contribution >= 4 is 17.4 Å². The number of ether oxygens (including phenoxy) is 1. The second-order valence-electron chi connectivity index (χ2n) is 5.05. The Labute approximate surface area is 123 Å². The Bertz CT molecular complexity index is 664. The zero-order valence-corrected chi connectivity index (χ0v) is 12.0. The number of halogens is 1. The molecular weight excluding hydrogens is 272 g/mol. The molecule has 0 saturated carbocycles. The van der Waals surface area contributed by atoms with Gasteiger partial charge < -0.3 is 4.74 Å². The van der Waals surface area contributed by atoms with Crippen molar-refractivity contribution in [2.24, 2.45) is 0 Å². The first-order chi connectivity index (χ1) is 9.66. The second-order valence-corrected chi connectivity index (χ2v) is 5.49. The number of carbonyl (C=O) groups excluding carboxylic acids is 1. The van der Waals surface area contributed by atoms with Crippen molar-refractivity contribution < 1.29 is 9.53 Å². The predicted octanol–water partition coefficient (Wildman–Crippen LogP) is 4.40. The van der Waals surface area contributed by atoms with Gasteiger partial charge in [-0.25, -0.2) is 0 Å². The number of carbonyl (C=O) groups is 1. The van der Waals surface area contributed by atoms with E-state index in [0.717, 1.165) is 16.9 Å². The molecule has 1 atom stereocenters. The molecule has 2 nitrogen and oxygen atoms in total. The van der Waals surface area contributed by atoms with Gasteiger partial charge in [-0.1, -0.05) is 35.9 Å². The van der Waals surface area contributed by atoms with Gasteiger partial charge in [-0.2, -0.15) is 0 Å². The Morgan fingerprint density at radius 1 is 1.25 bits per heavy atom. The highest BCUT2D eigenvalue weighted by Gasteiger charge is 2.28. The van der Waals surface area contributed by atoms with Gasteiger partial charge in [0.05, 0.1) is 12.5 Å². The van der Waals surface area contributed by atoms with Crippen molar-refractivity contribution in [3.05, 3.63) is 64.2 Å². The number of hydrogen-bond donors (Lipinski definition) is 0. The maximum absolute atomic E-state index is 12.8. The molecule has 1 aliphatic heterocycles. The smallest absolute Gasteiger partial charge is 0.170 e. The lowest BCUT2D eigenvalue weighted by atomic mass is 9.85. The van der Waals surface area contributed by atoms with Gasteiger partial charge >= 0.3 is 0 Å². The molecule has 1 heterocycles. The van der Waals surface area contributed by atoms with E-state index < -0.39 is 0 Å². The zero-order valence-electron chi connectivity index (χ0n) is 11.2. The van der Waals surface area contributed by atoms with Crippen LogP contribution in [0.5, 0.6) is 5.75 Å². The maximum atomic E-state index is 12.8. The summed E-state index contributed by atoms with van der Waals surface area (Å²) in [6.07, 6.45) is 0.710. The number of fused-ring (bicyclic) bond motifs is 1. The fraction of sp³-hybridized carbons (Fsp3) is 0.235. The number of rotatable bonds is 2. The molecule has 1 aliphatic rings. The van der Waals surface area contributed by atoms with E-state index in [1.54, 1.807) is 6.07 Å². The van der Waals surface area contributed by atoms with E-state index in [0.29, 0.717) is 23.6 Å². The molecule has 2 aromatic rings. The molecule has 1 unspecified atom stereocenters. The molecule has 3 rings (SSSR count). The largest absolute Gasteiger partial charge is 0.493 e. The molecule has 0 aromatic heterocycles. The molecule has 0 saturated heterocycles. The summed E-state index contributed by atoms with van der Waals surface area (Å²) in [5, 5.41) is 0.597. The van der Waals surface area contributed by atoms with Crippen molar-refractivity contribution in [1.82, 2.24) is 0 Å². The molecule has 3 heteroatoms. The Hall–Kier alpha value is -1.80. The first-order valence-corrected chi connectivity index (χ1v) is 7.06. The minimum absolute atomic E-state index is 0.126. The van der Waals surface area contributed by atoms with Crippen LogP contribution in [0.15, 0.2) is 42.5 Å². The third-order valence-corrected chi connectivity index (χ3v) is 3.98. The van der Waals surface area contributed by atoms with Crippen LogP contribution in [-0.4, -0.2) is 12.4 Å². The van der Waals surface area contributed by atoms with Crippen molar-refractivity contribution in [2.75, 3.05) is 6.61 Å². The quantitative estimate of drug-likeness (QED) is 0.765. The molecule has 0 bridgehead atoms. The van der Waals surface area contributed by atoms with E-state index in [9.17, 15) is 4.79 Å². The Morgan fingerprint density at radius 2 is 2.05 bits per heavy atom. The first-order valence-electron chi connectivity index (χ1n) is 6.69.